The number of rotatable bonds is 3. The lowest BCUT2D eigenvalue weighted by Crippen LogP contribution is -2.45. The first-order chi connectivity index (χ1) is 13.2. The molecule has 1 aliphatic heterocycles. The van der Waals surface area contributed by atoms with Gasteiger partial charge in [-0.3, -0.25) is 4.90 Å². The lowest BCUT2D eigenvalue weighted by molar-refractivity contribution is 0.132. The van der Waals surface area contributed by atoms with Gasteiger partial charge in [0.1, 0.15) is 11.9 Å². The van der Waals surface area contributed by atoms with Gasteiger partial charge in [0.15, 0.2) is 0 Å². The Morgan fingerprint density at radius 2 is 1.33 bits per heavy atom. The molecule has 1 heterocycles. The van der Waals surface area contributed by atoms with E-state index in [9.17, 15) is 9.59 Å². The molecule has 1 fully saturated rings. The fourth-order valence-electron chi connectivity index (χ4n) is 4.07. The molecule has 0 N–H and O–H groups in total. The maximum absolute atomic E-state index is 11.8. The highest BCUT2D eigenvalue weighted by Gasteiger charge is 2.16. The molecule has 0 amide bonds. The zero-order valence-electron chi connectivity index (χ0n) is 15.5. The monoisotopic (exact) mass is 358 g/mol. The standard InChI is InChI=1S/C23H22N2O2/c1-2-24-9-11-25(12-10-24)14-17-7-8-20-21(13-17)23(16-27)19-6-4-3-5-18(19)22(20)15-26/h3-8,13H,2,9-12,14H2,1H3. The lowest BCUT2D eigenvalue weighted by atomic mass is 9.97. The molecule has 0 atom stereocenters. The first-order valence-corrected chi connectivity index (χ1v) is 9.43. The van der Waals surface area contributed by atoms with Crippen molar-refractivity contribution in [3.8, 4) is 0 Å². The maximum atomic E-state index is 11.8. The minimum atomic E-state index is 0.516. The third kappa shape index (κ3) is 3.21. The number of likely N-dealkylation sites (N-methyl/N-ethyl adjacent to an activating group) is 1. The fourth-order valence-corrected chi connectivity index (χ4v) is 4.07. The van der Waals surface area contributed by atoms with E-state index in [-0.39, 0.29) is 0 Å². The third-order valence-electron chi connectivity index (χ3n) is 5.61. The molecular formula is C23H22N2O2. The smallest absolute Gasteiger partial charge is 0.133 e. The number of nitrogens with zero attached hydrogens (tertiary/aromatic N) is 2. The first kappa shape index (κ1) is 17.7. The summed E-state index contributed by atoms with van der Waals surface area (Å²) < 4.78 is 0. The molecule has 27 heavy (non-hydrogen) atoms. The first-order valence-electron chi connectivity index (χ1n) is 9.43. The van der Waals surface area contributed by atoms with Crippen LogP contribution in [0, 0.1) is 0 Å². The fraction of sp³-hybridized carbons (Fsp3) is 0.304. The molecule has 136 valence electrons. The van der Waals surface area contributed by atoms with Crippen LogP contribution in [0.1, 0.15) is 12.5 Å². The van der Waals surface area contributed by atoms with Gasteiger partial charge in [-0.2, -0.15) is 0 Å². The van der Waals surface area contributed by atoms with Gasteiger partial charge in [-0.25, -0.2) is 9.59 Å². The van der Waals surface area contributed by atoms with Crippen LogP contribution in [0.4, 0.5) is 0 Å². The Morgan fingerprint density at radius 3 is 1.93 bits per heavy atom. The highest BCUT2D eigenvalue weighted by Crippen LogP contribution is 2.16. The zero-order valence-corrected chi connectivity index (χ0v) is 15.5. The van der Waals surface area contributed by atoms with Gasteiger partial charge >= 0.3 is 0 Å². The van der Waals surface area contributed by atoms with E-state index in [0.29, 0.717) is 10.4 Å². The molecular weight excluding hydrogens is 336 g/mol. The Morgan fingerprint density at radius 1 is 0.778 bits per heavy atom. The third-order valence-corrected chi connectivity index (χ3v) is 5.61. The number of piperazine rings is 1. The highest BCUT2D eigenvalue weighted by molar-refractivity contribution is 6.03. The largest absolute Gasteiger partial charge is 0.301 e. The van der Waals surface area contributed by atoms with Gasteiger partial charge in [0.2, 0.25) is 0 Å². The molecule has 1 saturated heterocycles. The number of hydrogen-bond acceptors (Lipinski definition) is 4. The Bertz CT molecular complexity index is 1170. The summed E-state index contributed by atoms with van der Waals surface area (Å²) in [7, 11) is 0. The second-order valence-electron chi connectivity index (χ2n) is 7.09. The quantitative estimate of drug-likeness (QED) is 0.659. The molecule has 0 unspecified atom stereocenters. The van der Waals surface area contributed by atoms with E-state index in [1.165, 1.54) is 0 Å². The Balaban J connectivity index is 1.82. The summed E-state index contributed by atoms with van der Waals surface area (Å²) in [5.41, 5.74) is 1.15. The minimum absolute atomic E-state index is 0.516. The van der Waals surface area contributed by atoms with Crippen LogP contribution >= 0.6 is 0 Å². The average Bonchev–Trinajstić information content (AvgIpc) is 2.72. The van der Waals surface area contributed by atoms with Crippen LogP contribution < -0.4 is 10.4 Å². The van der Waals surface area contributed by atoms with Crippen molar-refractivity contribution < 1.29 is 9.59 Å². The van der Waals surface area contributed by atoms with Gasteiger partial charge in [0.25, 0.3) is 0 Å². The van der Waals surface area contributed by atoms with Crippen LogP contribution in [-0.2, 0) is 16.1 Å². The molecule has 0 spiro atoms. The second kappa shape index (κ2) is 7.48. The number of hydrogen-bond donors (Lipinski definition) is 0. The van der Waals surface area contributed by atoms with Gasteiger partial charge in [-0.05, 0) is 18.2 Å². The maximum Gasteiger partial charge on any atom is 0.133 e. The zero-order chi connectivity index (χ0) is 18.8. The summed E-state index contributed by atoms with van der Waals surface area (Å²) in [6.45, 7) is 8.41. The average molecular weight is 358 g/mol. The molecule has 0 radical (unpaired) electrons. The highest BCUT2D eigenvalue weighted by atomic mass is 16.1. The van der Waals surface area contributed by atoms with Gasteiger partial charge in [-0.15, -0.1) is 0 Å². The lowest BCUT2D eigenvalue weighted by Gasteiger charge is -2.34. The predicted molar refractivity (Wildman–Crippen MR) is 108 cm³/mol. The summed E-state index contributed by atoms with van der Waals surface area (Å²) in [6, 6.07) is 13.5. The van der Waals surface area contributed by atoms with Crippen molar-refractivity contribution >= 4 is 33.4 Å². The van der Waals surface area contributed by atoms with Crippen LogP contribution in [0.25, 0.3) is 21.5 Å². The molecule has 4 nitrogen and oxygen atoms in total. The van der Waals surface area contributed by atoms with Crippen LogP contribution in [0.3, 0.4) is 0 Å². The Kier molecular flexibility index (Phi) is 4.89. The Labute approximate surface area is 158 Å². The van der Waals surface area contributed by atoms with Crippen molar-refractivity contribution in [2.24, 2.45) is 0 Å². The summed E-state index contributed by atoms with van der Waals surface area (Å²) in [5, 5.41) is 4.10. The summed E-state index contributed by atoms with van der Waals surface area (Å²) in [5.74, 6) is 4.19. The van der Waals surface area contributed by atoms with Gasteiger partial charge in [0, 0.05) is 54.3 Å². The van der Waals surface area contributed by atoms with Crippen LogP contribution in [0.5, 0.6) is 0 Å². The van der Waals surface area contributed by atoms with Crippen molar-refractivity contribution in [1.29, 1.82) is 0 Å². The van der Waals surface area contributed by atoms with Crippen LogP contribution in [0.2, 0.25) is 0 Å². The van der Waals surface area contributed by atoms with E-state index in [0.717, 1.165) is 66.4 Å². The van der Waals surface area contributed by atoms with Crippen molar-refractivity contribution in [1.82, 2.24) is 9.80 Å². The molecule has 0 aromatic heterocycles. The van der Waals surface area contributed by atoms with Crippen LogP contribution in [-0.4, -0.2) is 54.4 Å². The second-order valence-corrected chi connectivity index (χ2v) is 7.09. The Hall–Kier alpha value is -2.74. The number of carbonyl (C=O) groups excluding carboxylic acids is 2. The topological polar surface area (TPSA) is 40.6 Å². The van der Waals surface area contributed by atoms with Crippen molar-refractivity contribution in [2.75, 3.05) is 32.7 Å². The molecule has 4 heteroatoms. The van der Waals surface area contributed by atoms with Crippen molar-refractivity contribution in [3.63, 3.8) is 0 Å². The summed E-state index contributed by atoms with van der Waals surface area (Å²) in [4.78, 5) is 28.3. The number of benzene rings is 3. The van der Waals surface area contributed by atoms with Gasteiger partial charge in [0.05, 0.1) is 10.4 Å². The summed E-state index contributed by atoms with van der Waals surface area (Å²) >= 11 is 0. The predicted octanol–water partition coefficient (Wildman–Crippen LogP) is 1.14. The molecule has 0 aliphatic carbocycles. The SMILES string of the molecule is CCN1CCN(Cc2ccc3c(=C=O)c4ccccc4c(=C=O)c3c2)CC1. The van der Waals surface area contributed by atoms with E-state index < -0.39 is 0 Å². The van der Waals surface area contributed by atoms with Crippen LogP contribution in [0.15, 0.2) is 42.5 Å². The minimum Gasteiger partial charge on any atom is -0.301 e. The normalized spacial score (nSPS) is 15.7. The van der Waals surface area contributed by atoms with Crippen molar-refractivity contribution in [2.45, 2.75) is 13.5 Å². The summed E-state index contributed by atoms with van der Waals surface area (Å²) in [6.07, 6.45) is 0. The molecule has 3 aromatic rings. The van der Waals surface area contributed by atoms with E-state index in [2.05, 4.69) is 34.7 Å². The van der Waals surface area contributed by atoms with Gasteiger partial charge < -0.3 is 4.90 Å². The number of fused-ring (bicyclic) bond motifs is 2. The van der Waals surface area contributed by atoms with E-state index in [1.54, 1.807) is 0 Å². The molecule has 1 aliphatic rings. The molecule has 4 rings (SSSR count). The molecule has 0 saturated carbocycles. The van der Waals surface area contributed by atoms with E-state index >= 15 is 0 Å². The molecule has 0 bridgehead atoms. The van der Waals surface area contributed by atoms with Gasteiger partial charge in [-0.1, -0.05) is 43.3 Å². The van der Waals surface area contributed by atoms with E-state index in [4.69, 9.17) is 0 Å². The van der Waals surface area contributed by atoms with Crippen molar-refractivity contribution in [3.05, 3.63) is 58.5 Å². The molecule has 3 aromatic carbocycles. The van der Waals surface area contributed by atoms with E-state index in [1.807, 2.05) is 36.4 Å².